The Bertz CT molecular complexity index is 1380. The molecule has 39 heavy (non-hydrogen) atoms. The molecule has 3 aromatic rings. The highest BCUT2D eigenvalue weighted by molar-refractivity contribution is 7.89. The third-order valence-electron chi connectivity index (χ3n) is 5.66. The normalized spacial score (nSPS) is 12.5. The highest BCUT2D eigenvalue weighted by Crippen LogP contribution is 2.24. The third-order valence-corrected chi connectivity index (χ3v) is 7.53. The van der Waals surface area contributed by atoms with Gasteiger partial charge in [0.15, 0.2) is 5.78 Å². The van der Waals surface area contributed by atoms with Crippen molar-refractivity contribution in [1.29, 1.82) is 0 Å². The maximum absolute atomic E-state index is 13.9. The molecule has 3 rings (SSSR count). The Kier molecular flexibility index (Phi) is 9.77. The Morgan fingerprint density at radius 2 is 1.41 bits per heavy atom. The first-order valence-corrected chi connectivity index (χ1v) is 13.9. The van der Waals surface area contributed by atoms with Crippen LogP contribution in [0.3, 0.4) is 0 Å². The molecule has 0 aliphatic rings. The average Bonchev–Trinajstić information content (AvgIpc) is 2.89. The van der Waals surface area contributed by atoms with Crippen LogP contribution in [0.4, 0.5) is 0 Å². The van der Waals surface area contributed by atoms with E-state index in [4.69, 9.17) is 9.47 Å². The van der Waals surface area contributed by atoms with Crippen molar-refractivity contribution in [3.8, 4) is 0 Å². The monoisotopic (exact) mass is 551 g/mol. The van der Waals surface area contributed by atoms with Gasteiger partial charge in [0.25, 0.3) is 0 Å². The number of Topliss-reactive ketones (excluding diaryl/α,β-unsaturated/α-hetero) is 1. The summed E-state index contributed by atoms with van der Waals surface area (Å²) in [7, 11) is -4.44. The second-order valence-corrected chi connectivity index (χ2v) is 11.9. The van der Waals surface area contributed by atoms with Gasteiger partial charge < -0.3 is 9.47 Å². The minimum absolute atomic E-state index is 0.0852. The van der Waals surface area contributed by atoms with Gasteiger partial charge in [0.2, 0.25) is 10.0 Å². The van der Waals surface area contributed by atoms with Crippen LogP contribution in [0.15, 0.2) is 89.8 Å². The molecule has 0 bridgehead atoms. The van der Waals surface area contributed by atoms with Crippen LogP contribution < -0.4 is 0 Å². The van der Waals surface area contributed by atoms with E-state index in [0.29, 0.717) is 15.4 Å². The first kappa shape index (κ1) is 29.7. The first-order valence-electron chi connectivity index (χ1n) is 12.5. The van der Waals surface area contributed by atoms with Crippen LogP contribution in [0.25, 0.3) is 0 Å². The van der Waals surface area contributed by atoms with Gasteiger partial charge in [0.1, 0.15) is 24.8 Å². The molecule has 0 saturated carbocycles. The zero-order valence-corrected chi connectivity index (χ0v) is 23.3. The maximum Gasteiger partial charge on any atom is 0.325 e. The summed E-state index contributed by atoms with van der Waals surface area (Å²) in [6.45, 7) is 5.82. The molecule has 9 heteroatoms. The molecule has 206 valence electrons. The van der Waals surface area contributed by atoms with E-state index in [2.05, 4.69) is 0 Å². The number of hydrogen-bond acceptors (Lipinski definition) is 7. The SMILES string of the molecule is Cc1ccc(S(=O)(=O)N(CC(=O)OCc2ccccc2)[C@@H](CC(=O)c2ccccc2)C(=O)OC(C)(C)C)cc1. The van der Waals surface area contributed by atoms with Crippen LogP contribution >= 0.6 is 0 Å². The van der Waals surface area contributed by atoms with Gasteiger partial charge in [-0.25, -0.2) is 8.42 Å². The largest absolute Gasteiger partial charge is 0.460 e. The van der Waals surface area contributed by atoms with E-state index in [-0.39, 0.29) is 11.5 Å². The predicted molar refractivity (Wildman–Crippen MR) is 146 cm³/mol. The smallest absolute Gasteiger partial charge is 0.325 e. The summed E-state index contributed by atoms with van der Waals surface area (Å²) in [6.07, 6.45) is -0.532. The van der Waals surface area contributed by atoms with Gasteiger partial charge in [0.05, 0.1) is 4.90 Å². The summed E-state index contributed by atoms with van der Waals surface area (Å²) in [5, 5.41) is 0. The zero-order valence-electron chi connectivity index (χ0n) is 22.5. The lowest BCUT2D eigenvalue weighted by Gasteiger charge is -2.31. The highest BCUT2D eigenvalue weighted by atomic mass is 32.2. The lowest BCUT2D eigenvalue weighted by molar-refractivity contribution is -0.160. The maximum atomic E-state index is 13.9. The molecule has 0 spiro atoms. The number of benzene rings is 3. The fourth-order valence-corrected chi connectivity index (χ4v) is 5.23. The number of rotatable bonds is 11. The minimum Gasteiger partial charge on any atom is -0.460 e. The molecule has 0 unspecified atom stereocenters. The van der Waals surface area contributed by atoms with E-state index >= 15 is 0 Å². The number of hydrogen-bond donors (Lipinski definition) is 0. The van der Waals surface area contributed by atoms with Gasteiger partial charge in [-0.05, 0) is 45.4 Å². The Morgan fingerprint density at radius 3 is 1.97 bits per heavy atom. The number of aryl methyl sites for hydroxylation is 1. The van der Waals surface area contributed by atoms with Crippen molar-refractivity contribution >= 4 is 27.7 Å². The van der Waals surface area contributed by atoms with Gasteiger partial charge in [-0.2, -0.15) is 4.31 Å². The van der Waals surface area contributed by atoms with E-state index in [1.165, 1.54) is 12.1 Å². The molecule has 0 fully saturated rings. The summed E-state index contributed by atoms with van der Waals surface area (Å²) in [6, 6.07) is 21.5. The van der Waals surface area contributed by atoms with E-state index < -0.39 is 52.4 Å². The van der Waals surface area contributed by atoms with Crippen LogP contribution in [0.1, 0.15) is 48.7 Å². The molecule has 8 nitrogen and oxygen atoms in total. The molecule has 1 atom stereocenters. The fraction of sp³-hybridized carbons (Fsp3) is 0.300. The van der Waals surface area contributed by atoms with Gasteiger partial charge >= 0.3 is 11.9 Å². The molecular weight excluding hydrogens is 518 g/mol. The molecule has 0 amide bonds. The van der Waals surface area contributed by atoms with Crippen LogP contribution in [0.5, 0.6) is 0 Å². The number of sulfonamides is 1. The Balaban J connectivity index is 2.01. The highest BCUT2D eigenvalue weighted by Gasteiger charge is 2.41. The van der Waals surface area contributed by atoms with E-state index in [0.717, 1.165) is 5.56 Å². The van der Waals surface area contributed by atoms with Gasteiger partial charge in [0, 0.05) is 12.0 Å². The van der Waals surface area contributed by atoms with Gasteiger partial charge in [-0.1, -0.05) is 78.4 Å². The molecule has 3 aromatic carbocycles. The summed E-state index contributed by atoms with van der Waals surface area (Å²) in [5.74, 6) is -2.30. The van der Waals surface area contributed by atoms with Crippen molar-refractivity contribution in [2.24, 2.45) is 0 Å². The zero-order chi connectivity index (χ0) is 28.6. The number of esters is 2. The third kappa shape index (κ3) is 8.59. The van der Waals surface area contributed by atoms with Crippen molar-refractivity contribution in [3.05, 3.63) is 102 Å². The van der Waals surface area contributed by atoms with E-state index in [1.807, 2.05) is 6.07 Å². The van der Waals surface area contributed by atoms with Crippen molar-refractivity contribution in [2.45, 2.75) is 57.3 Å². The second kappa shape index (κ2) is 12.8. The topological polar surface area (TPSA) is 107 Å². The van der Waals surface area contributed by atoms with E-state index in [9.17, 15) is 22.8 Å². The number of carbonyl (C=O) groups excluding carboxylic acids is 3. The van der Waals surface area contributed by atoms with Crippen molar-refractivity contribution in [2.75, 3.05) is 6.54 Å². The standard InChI is InChI=1S/C30H33NO7S/c1-22-15-17-25(18-16-22)39(35,36)31(20-28(33)37-21-23-11-7-5-8-12-23)26(29(34)38-30(2,3)4)19-27(32)24-13-9-6-10-14-24/h5-18,26H,19-21H2,1-4H3/t26-/m0/s1. The van der Waals surface area contributed by atoms with Crippen LogP contribution in [-0.2, 0) is 35.7 Å². The van der Waals surface area contributed by atoms with Crippen LogP contribution in [0, 0.1) is 6.92 Å². The quantitative estimate of drug-likeness (QED) is 0.251. The Morgan fingerprint density at radius 1 is 0.846 bits per heavy atom. The van der Waals surface area contributed by atoms with Gasteiger partial charge in [-0.15, -0.1) is 0 Å². The van der Waals surface area contributed by atoms with Crippen molar-refractivity contribution in [3.63, 3.8) is 0 Å². The summed E-state index contributed by atoms with van der Waals surface area (Å²) < 4.78 is 39.3. The number of carbonyl (C=O) groups is 3. The first-order chi connectivity index (χ1) is 18.4. The van der Waals surface area contributed by atoms with Gasteiger partial charge in [-0.3, -0.25) is 14.4 Å². The van der Waals surface area contributed by atoms with Crippen LogP contribution in [-0.4, -0.2) is 48.6 Å². The van der Waals surface area contributed by atoms with Crippen LogP contribution in [0.2, 0.25) is 0 Å². The van der Waals surface area contributed by atoms with Crippen molar-refractivity contribution in [1.82, 2.24) is 4.31 Å². The molecule has 0 saturated heterocycles. The molecule has 0 radical (unpaired) electrons. The summed E-state index contributed by atoms with van der Waals surface area (Å²) >= 11 is 0. The lowest BCUT2D eigenvalue weighted by atomic mass is 10.0. The Hall–Kier alpha value is -3.82. The molecular formula is C30H33NO7S. The number of ketones is 1. The lowest BCUT2D eigenvalue weighted by Crippen LogP contribution is -2.50. The predicted octanol–water partition coefficient (Wildman–Crippen LogP) is 4.71. The van der Waals surface area contributed by atoms with E-state index in [1.54, 1.807) is 94.4 Å². The molecule has 0 aromatic heterocycles. The summed E-state index contributed by atoms with van der Waals surface area (Å²) in [4.78, 5) is 39.4. The molecule has 0 aliphatic carbocycles. The Labute approximate surface area is 229 Å². The molecule has 0 aliphatic heterocycles. The number of nitrogens with zero attached hydrogens (tertiary/aromatic N) is 1. The van der Waals surface area contributed by atoms with Crippen molar-refractivity contribution < 1.29 is 32.3 Å². The molecule has 0 heterocycles. The number of ether oxygens (including phenoxy) is 2. The second-order valence-electron chi connectivity index (χ2n) is 10.1. The molecule has 0 N–H and O–H groups in total. The fourth-order valence-electron chi connectivity index (χ4n) is 3.71. The average molecular weight is 552 g/mol. The summed E-state index contributed by atoms with van der Waals surface area (Å²) in [5.41, 5.74) is 0.857. The minimum atomic E-state index is -4.44.